The molecule has 0 aliphatic heterocycles. The van der Waals surface area contributed by atoms with E-state index in [4.69, 9.17) is 9.47 Å². The normalized spacial score (nSPS) is 11.1. The highest BCUT2D eigenvalue weighted by Crippen LogP contribution is 2.31. The van der Waals surface area contributed by atoms with Gasteiger partial charge in [0.25, 0.3) is 0 Å². The Morgan fingerprint density at radius 1 is 1.12 bits per heavy atom. The van der Waals surface area contributed by atoms with E-state index in [2.05, 4.69) is 5.10 Å². The smallest absolute Gasteiger partial charge is 0.318 e. The van der Waals surface area contributed by atoms with E-state index in [0.717, 1.165) is 17.0 Å². The molecule has 0 N–H and O–H groups in total. The Kier molecular flexibility index (Phi) is 6.94. The number of allylic oxidation sites excluding steroid dienone is 1. The van der Waals surface area contributed by atoms with Crippen molar-refractivity contribution in [2.75, 3.05) is 7.11 Å². The molecule has 0 atom stereocenters. The van der Waals surface area contributed by atoms with Crippen LogP contribution in [0.1, 0.15) is 21.6 Å². The molecule has 8 nitrogen and oxygen atoms in total. The number of ether oxygens (including phenoxy) is 2. The van der Waals surface area contributed by atoms with Crippen molar-refractivity contribution in [2.24, 2.45) is 7.05 Å². The number of aromatic nitrogens is 2. The number of rotatable bonds is 8. The summed E-state index contributed by atoms with van der Waals surface area (Å²) in [5.41, 5.74) is -0.385. The van der Waals surface area contributed by atoms with Crippen LogP contribution in [0.3, 0.4) is 0 Å². The highest BCUT2D eigenvalue weighted by molar-refractivity contribution is 6.08. The van der Waals surface area contributed by atoms with E-state index in [9.17, 15) is 36.9 Å². The zero-order valence-corrected chi connectivity index (χ0v) is 17.4. The predicted molar refractivity (Wildman–Crippen MR) is 107 cm³/mol. The van der Waals surface area contributed by atoms with Gasteiger partial charge in [0, 0.05) is 12.6 Å². The van der Waals surface area contributed by atoms with Crippen LogP contribution >= 0.6 is 0 Å². The van der Waals surface area contributed by atoms with Crippen molar-refractivity contribution < 1.29 is 41.1 Å². The number of aryl methyl sites for hydroxylation is 1. The summed E-state index contributed by atoms with van der Waals surface area (Å²) in [6.45, 7) is -0.650. The fraction of sp³-hybridized carbons (Fsp3) is 0.143. The maximum atomic E-state index is 13.8. The van der Waals surface area contributed by atoms with Gasteiger partial charge in [-0.3, -0.25) is 19.6 Å². The van der Waals surface area contributed by atoms with Gasteiger partial charge in [0.2, 0.25) is 40.6 Å². The molecule has 0 aliphatic rings. The van der Waals surface area contributed by atoms with Gasteiger partial charge in [0.05, 0.1) is 12.0 Å². The van der Waals surface area contributed by atoms with Crippen LogP contribution in [0.5, 0.6) is 11.5 Å². The molecular weight excluding hydrogens is 469 g/mol. The van der Waals surface area contributed by atoms with Crippen LogP contribution in [0.2, 0.25) is 0 Å². The number of hydrogen-bond donors (Lipinski definition) is 0. The number of ketones is 1. The summed E-state index contributed by atoms with van der Waals surface area (Å²) in [7, 11) is 2.68. The minimum absolute atomic E-state index is 0.143. The first kappa shape index (κ1) is 24.4. The topological polar surface area (TPSA) is 96.5 Å². The number of carbonyl (C=O) groups is 1. The molecule has 0 saturated heterocycles. The molecule has 0 unspecified atom stereocenters. The van der Waals surface area contributed by atoms with Crippen molar-refractivity contribution in [3.8, 4) is 11.5 Å². The summed E-state index contributed by atoms with van der Waals surface area (Å²) < 4.78 is 78.7. The van der Waals surface area contributed by atoms with E-state index in [0.29, 0.717) is 5.56 Å². The fourth-order valence-corrected chi connectivity index (χ4v) is 2.91. The zero-order chi connectivity index (χ0) is 25.2. The van der Waals surface area contributed by atoms with E-state index in [1.165, 1.54) is 38.4 Å². The molecule has 3 aromatic rings. The van der Waals surface area contributed by atoms with Gasteiger partial charge in [-0.25, -0.2) is 13.2 Å². The molecule has 1 aromatic heterocycles. The van der Waals surface area contributed by atoms with E-state index in [1.54, 1.807) is 0 Å². The van der Waals surface area contributed by atoms with Gasteiger partial charge in [-0.05, 0) is 23.8 Å². The summed E-state index contributed by atoms with van der Waals surface area (Å²) in [6.07, 6.45) is 3.37. The van der Waals surface area contributed by atoms with Gasteiger partial charge in [-0.1, -0.05) is 12.1 Å². The molecule has 0 aliphatic carbocycles. The van der Waals surface area contributed by atoms with E-state index in [1.807, 2.05) is 0 Å². The second-order valence-corrected chi connectivity index (χ2v) is 6.75. The SMILES string of the molecule is COc1ccc(/C=C/C(=O)c2nn(C)cc2[N+](=O)[O-])cc1COc1c(F)c(F)c(F)c(F)c1F. The Labute approximate surface area is 188 Å². The van der Waals surface area contributed by atoms with E-state index >= 15 is 0 Å². The van der Waals surface area contributed by atoms with Crippen LogP contribution in [0.4, 0.5) is 27.6 Å². The highest BCUT2D eigenvalue weighted by Gasteiger charge is 2.27. The van der Waals surface area contributed by atoms with Gasteiger partial charge in [0.1, 0.15) is 18.6 Å². The molecule has 0 fully saturated rings. The van der Waals surface area contributed by atoms with E-state index in [-0.39, 0.29) is 17.0 Å². The summed E-state index contributed by atoms with van der Waals surface area (Å²) in [5.74, 6) is -12.9. The van der Waals surface area contributed by atoms with Crippen molar-refractivity contribution in [1.29, 1.82) is 0 Å². The lowest BCUT2D eigenvalue weighted by Crippen LogP contribution is -2.07. The molecule has 0 amide bonds. The number of carbonyl (C=O) groups excluding carboxylic acids is 1. The number of hydrogen-bond acceptors (Lipinski definition) is 6. The maximum Gasteiger partial charge on any atom is 0.318 e. The first-order valence-corrected chi connectivity index (χ1v) is 9.26. The number of benzene rings is 2. The summed E-state index contributed by atoms with van der Waals surface area (Å²) >= 11 is 0. The standard InChI is InChI=1S/C21H14F5N3O5/c1-28-8-12(29(31)32)20(27-28)13(30)5-3-10-4-6-14(33-2)11(7-10)9-34-21-18(25)16(23)15(22)17(24)19(21)26/h3-8H,9H2,1-2H3/b5-3+. The molecule has 2 aromatic carbocycles. The maximum absolute atomic E-state index is 13.8. The average Bonchev–Trinajstić information content (AvgIpc) is 3.22. The van der Waals surface area contributed by atoms with Crippen LogP contribution in [0.15, 0.2) is 30.5 Å². The number of nitrogens with zero attached hydrogens (tertiary/aromatic N) is 3. The summed E-state index contributed by atoms with van der Waals surface area (Å²) in [6, 6.07) is 4.25. The third-order valence-corrected chi connectivity index (χ3v) is 4.51. The zero-order valence-electron chi connectivity index (χ0n) is 17.4. The number of methoxy groups -OCH3 is 1. The van der Waals surface area contributed by atoms with Gasteiger partial charge >= 0.3 is 5.69 Å². The van der Waals surface area contributed by atoms with Crippen molar-refractivity contribution in [3.63, 3.8) is 0 Å². The minimum atomic E-state index is -2.31. The van der Waals surface area contributed by atoms with Crippen molar-refractivity contribution in [3.05, 3.63) is 86.5 Å². The molecule has 1 heterocycles. The molecule has 178 valence electrons. The highest BCUT2D eigenvalue weighted by atomic mass is 19.2. The molecule has 0 saturated carbocycles. The molecule has 0 radical (unpaired) electrons. The van der Waals surface area contributed by atoms with Crippen molar-refractivity contribution >= 4 is 17.5 Å². The number of nitro groups is 1. The molecular formula is C21H14F5N3O5. The van der Waals surface area contributed by atoms with Gasteiger partial charge in [0.15, 0.2) is 5.75 Å². The Balaban J connectivity index is 1.86. The molecule has 0 bridgehead atoms. The number of halogens is 5. The molecule has 3 rings (SSSR count). The first-order valence-electron chi connectivity index (χ1n) is 9.26. The second kappa shape index (κ2) is 9.68. The Morgan fingerprint density at radius 3 is 2.32 bits per heavy atom. The molecule has 13 heteroatoms. The largest absolute Gasteiger partial charge is 0.496 e. The Bertz CT molecular complexity index is 1290. The van der Waals surface area contributed by atoms with Crippen molar-refractivity contribution in [2.45, 2.75) is 6.61 Å². The molecule has 34 heavy (non-hydrogen) atoms. The third kappa shape index (κ3) is 4.72. The van der Waals surface area contributed by atoms with E-state index < -0.39 is 57.8 Å². The van der Waals surface area contributed by atoms with Crippen LogP contribution in [0, 0.1) is 39.2 Å². The predicted octanol–water partition coefficient (Wildman–Crippen LogP) is 4.51. The average molecular weight is 483 g/mol. The quantitative estimate of drug-likeness (QED) is 0.0890. The summed E-state index contributed by atoms with van der Waals surface area (Å²) in [4.78, 5) is 22.6. The summed E-state index contributed by atoms with van der Waals surface area (Å²) in [5, 5.41) is 14.8. The van der Waals surface area contributed by atoms with Crippen molar-refractivity contribution in [1.82, 2.24) is 9.78 Å². The Morgan fingerprint density at radius 2 is 1.74 bits per heavy atom. The van der Waals surface area contributed by atoms with Crippen LogP contribution in [0.25, 0.3) is 6.08 Å². The second-order valence-electron chi connectivity index (χ2n) is 6.75. The van der Waals surface area contributed by atoms with Crippen LogP contribution in [-0.2, 0) is 13.7 Å². The molecule has 0 spiro atoms. The van der Waals surface area contributed by atoms with Gasteiger partial charge in [-0.2, -0.15) is 13.9 Å². The van der Waals surface area contributed by atoms with Crippen LogP contribution < -0.4 is 9.47 Å². The fourth-order valence-electron chi connectivity index (χ4n) is 2.91. The lowest BCUT2D eigenvalue weighted by Gasteiger charge is -2.13. The van der Waals surface area contributed by atoms with Crippen LogP contribution in [-0.4, -0.2) is 27.6 Å². The monoisotopic (exact) mass is 483 g/mol. The van der Waals surface area contributed by atoms with Gasteiger partial charge < -0.3 is 9.47 Å². The third-order valence-electron chi connectivity index (χ3n) is 4.51. The lowest BCUT2D eigenvalue weighted by atomic mass is 10.1. The lowest BCUT2D eigenvalue weighted by molar-refractivity contribution is -0.385. The Hall–Kier alpha value is -4.29. The first-order chi connectivity index (χ1) is 16.0. The van der Waals surface area contributed by atoms with Gasteiger partial charge in [-0.15, -0.1) is 0 Å². The minimum Gasteiger partial charge on any atom is -0.496 e.